The molecule has 2 rings (SSSR count). The highest BCUT2D eigenvalue weighted by atomic mass is 16.8. The molecule has 1 fully saturated rings. The van der Waals surface area contributed by atoms with E-state index in [1.165, 1.54) is 26.0 Å². The first-order valence-electron chi connectivity index (χ1n) is 9.15. The number of rotatable bonds is 10. The highest BCUT2D eigenvalue weighted by Crippen LogP contribution is 2.20. The molecule has 1 atom stereocenters. The van der Waals surface area contributed by atoms with Crippen LogP contribution in [0.4, 0.5) is 0 Å². The number of nitroso groups, excluding NO2 is 1. The Morgan fingerprint density at radius 2 is 1.81 bits per heavy atom. The van der Waals surface area contributed by atoms with Crippen LogP contribution in [-0.2, 0) is 33.4 Å². The summed E-state index contributed by atoms with van der Waals surface area (Å²) in [5.41, 5.74) is 1.96. The lowest BCUT2D eigenvalue weighted by Gasteiger charge is -2.15. The average Bonchev–Trinajstić information content (AvgIpc) is 3.21. The van der Waals surface area contributed by atoms with Gasteiger partial charge in [0.05, 0.1) is 11.5 Å². The Labute approximate surface area is 176 Å². The van der Waals surface area contributed by atoms with E-state index in [9.17, 15) is 24.1 Å². The molecule has 0 aliphatic carbocycles. The van der Waals surface area contributed by atoms with Crippen LogP contribution in [0.5, 0.6) is 5.75 Å². The zero-order chi connectivity index (χ0) is 22.8. The Hall–Kier alpha value is -3.74. The van der Waals surface area contributed by atoms with Crippen LogP contribution in [-0.4, -0.2) is 60.0 Å². The van der Waals surface area contributed by atoms with Gasteiger partial charge in [0.2, 0.25) is 13.6 Å². The number of nitrogens with zero attached hydrogens (tertiary/aromatic N) is 2. The lowest BCUT2D eigenvalue weighted by atomic mass is 10.2. The molecule has 168 valence electrons. The summed E-state index contributed by atoms with van der Waals surface area (Å²) in [5.74, 6) is -2.84. The number of hydrazine groups is 2. The normalized spacial score (nSPS) is 15.0. The first-order valence-corrected chi connectivity index (χ1v) is 9.15. The Morgan fingerprint density at radius 1 is 1.06 bits per heavy atom. The summed E-state index contributed by atoms with van der Waals surface area (Å²) in [4.78, 5) is 63.1. The molecule has 0 aromatic heterocycles. The molecule has 31 heavy (non-hydrogen) atoms. The van der Waals surface area contributed by atoms with Crippen LogP contribution in [0.25, 0.3) is 0 Å². The molecule has 13 nitrogen and oxygen atoms in total. The average molecular weight is 440 g/mol. The molecule has 0 bridgehead atoms. The molecule has 0 saturated carbocycles. The molecule has 1 aliphatic heterocycles. The second-order valence-electron chi connectivity index (χ2n) is 6.19. The Bertz CT molecular complexity index is 844. The van der Waals surface area contributed by atoms with Gasteiger partial charge in [0.1, 0.15) is 11.3 Å². The van der Waals surface area contributed by atoms with Gasteiger partial charge in [0.15, 0.2) is 6.04 Å². The number of esters is 4. The predicted octanol–water partition coefficient (Wildman–Crippen LogP) is 0.385. The van der Waals surface area contributed by atoms with Crippen LogP contribution in [0.3, 0.4) is 0 Å². The van der Waals surface area contributed by atoms with Crippen molar-refractivity contribution in [3.8, 4) is 5.75 Å². The van der Waals surface area contributed by atoms with Crippen molar-refractivity contribution in [3.63, 3.8) is 0 Å². The topological polar surface area (TPSA) is 150 Å². The van der Waals surface area contributed by atoms with Crippen molar-refractivity contribution in [1.82, 2.24) is 10.6 Å². The van der Waals surface area contributed by atoms with Gasteiger partial charge in [-0.3, -0.25) is 9.59 Å². The third-order valence-electron chi connectivity index (χ3n) is 3.95. The molecule has 0 spiro atoms. The first-order chi connectivity index (χ1) is 14.8. The molecule has 0 radical (unpaired) electrons. The van der Waals surface area contributed by atoms with Crippen molar-refractivity contribution in [2.75, 3.05) is 20.1 Å². The van der Waals surface area contributed by atoms with E-state index in [1.54, 1.807) is 12.1 Å². The van der Waals surface area contributed by atoms with Crippen molar-refractivity contribution in [2.24, 2.45) is 0 Å². The lowest BCUT2D eigenvalue weighted by molar-refractivity contribution is -0.791. The van der Waals surface area contributed by atoms with E-state index in [-0.39, 0.29) is 22.8 Å². The lowest BCUT2D eigenvalue weighted by Crippen LogP contribution is -2.48. The molecule has 1 aliphatic rings. The van der Waals surface area contributed by atoms with Gasteiger partial charge in [-0.15, -0.1) is 0 Å². The fraction of sp³-hybridized carbons (Fsp3) is 0.444. The summed E-state index contributed by atoms with van der Waals surface area (Å²) >= 11 is 0. The van der Waals surface area contributed by atoms with Gasteiger partial charge in [-0.05, 0) is 25.0 Å². The molecule has 1 N–H and O–H groups in total. The van der Waals surface area contributed by atoms with Gasteiger partial charge in [0, 0.05) is 19.4 Å². The Morgan fingerprint density at radius 3 is 2.52 bits per heavy atom. The zero-order valence-corrected chi connectivity index (χ0v) is 16.9. The van der Waals surface area contributed by atoms with Crippen molar-refractivity contribution >= 4 is 23.9 Å². The maximum Gasteiger partial charge on any atom is 0.344 e. The third kappa shape index (κ3) is 7.22. The molecule has 1 aromatic carbocycles. The minimum atomic E-state index is -0.936. The standard InChI is InChI=1S/C18H22N3O10/c1-12(22)27-11-30-19-21(26)20-9-5-7-15(20)18(25)29-10-28-17(24)14-6-3-4-8-16(14)31-13(2)23/h3-4,6,8,15H,5,7,9-11H2,1-2H3,(H,19,26)/q+1. The minimum Gasteiger partial charge on any atom is -0.436 e. The predicted molar refractivity (Wildman–Crippen MR) is 98.3 cm³/mol. The van der Waals surface area contributed by atoms with Crippen LogP contribution in [0.2, 0.25) is 0 Å². The van der Waals surface area contributed by atoms with Crippen LogP contribution >= 0.6 is 0 Å². The van der Waals surface area contributed by atoms with Crippen molar-refractivity contribution in [2.45, 2.75) is 32.7 Å². The van der Waals surface area contributed by atoms with Crippen LogP contribution in [0, 0.1) is 4.91 Å². The fourth-order valence-electron chi connectivity index (χ4n) is 2.65. The van der Waals surface area contributed by atoms with E-state index in [0.29, 0.717) is 12.8 Å². The molecule has 1 heterocycles. The third-order valence-corrected chi connectivity index (χ3v) is 3.95. The van der Waals surface area contributed by atoms with Crippen LogP contribution in [0.15, 0.2) is 24.3 Å². The molecule has 1 saturated heterocycles. The number of hydrogen-bond donors (Lipinski definition) is 1. The number of ether oxygens (including phenoxy) is 4. The maximum atomic E-state index is 12.3. The van der Waals surface area contributed by atoms with Crippen LogP contribution < -0.4 is 10.3 Å². The zero-order valence-electron chi connectivity index (χ0n) is 16.9. The number of nitrogens with one attached hydrogen (secondary N) is 1. The monoisotopic (exact) mass is 440 g/mol. The van der Waals surface area contributed by atoms with Gasteiger partial charge < -0.3 is 18.9 Å². The van der Waals surface area contributed by atoms with E-state index in [1.807, 2.05) is 5.59 Å². The van der Waals surface area contributed by atoms with Gasteiger partial charge in [0.25, 0.3) is 4.98 Å². The second kappa shape index (κ2) is 11.4. The van der Waals surface area contributed by atoms with E-state index in [0.717, 1.165) is 5.01 Å². The minimum absolute atomic E-state index is 0.00937. The summed E-state index contributed by atoms with van der Waals surface area (Å²) in [6.07, 6.45) is 0.853. The second-order valence-corrected chi connectivity index (χ2v) is 6.19. The Balaban J connectivity index is 1.82. The smallest absolute Gasteiger partial charge is 0.344 e. The maximum absolute atomic E-state index is 12.3. The van der Waals surface area contributed by atoms with E-state index < -0.39 is 43.5 Å². The van der Waals surface area contributed by atoms with E-state index >= 15 is 0 Å². The largest absolute Gasteiger partial charge is 0.436 e. The van der Waals surface area contributed by atoms with Gasteiger partial charge >= 0.3 is 23.9 Å². The fourth-order valence-corrected chi connectivity index (χ4v) is 2.65. The van der Waals surface area contributed by atoms with E-state index in [2.05, 4.69) is 9.57 Å². The van der Waals surface area contributed by atoms with Gasteiger partial charge in [-0.2, -0.15) is 4.84 Å². The van der Waals surface area contributed by atoms with E-state index in [4.69, 9.17) is 14.2 Å². The molecular weight excluding hydrogens is 418 g/mol. The molecule has 13 heteroatoms. The molecular formula is C18H22N3O10+. The summed E-state index contributed by atoms with van der Waals surface area (Å²) in [7, 11) is 0. The SMILES string of the molecule is CC(=O)OCON[N+](=O)N1CCCC1C(=O)OCOC(=O)c1ccccc1OC(C)=O. The molecule has 1 aromatic rings. The molecule has 1 unspecified atom stereocenters. The number of benzene rings is 1. The first kappa shape index (κ1) is 23.5. The summed E-state index contributed by atoms with van der Waals surface area (Å²) in [6, 6.07) is 4.99. The highest BCUT2D eigenvalue weighted by molar-refractivity contribution is 5.93. The summed E-state index contributed by atoms with van der Waals surface area (Å²) in [6.45, 7) is 1.40. The van der Waals surface area contributed by atoms with Crippen molar-refractivity contribution in [1.29, 1.82) is 0 Å². The molecule has 0 amide bonds. The highest BCUT2D eigenvalue weighted by Gasteiger charge is 2.42. The van der Waals surface area contributed by atoms with Crippen molar-refractivity contribution < 1.29 is 47.9 Å². The summed E-state index contributed by atoms with van der Waals surface area (Å²) in [5, 5.41) is 1.11. The number of para-hydroxylation sites is 1. The number of carbonyl (C=O) groups excluding carboxylic acids is 4. The quantitative estimate of drug-likeness (QED) is 0.134. The number of carbonyl (C=O) groups is 4. The van der Waals surface area contributed by atoms with Gasteiger partial charge in [-0.1, -0.05) is 17.1 Å². The van der Waals surface area contributed by atoms with Gasteiger partial charge in [-0.25, -0.2) is 9.59 Å². The van der Waals surface area contributed by atoms with Crippen LogP contribution in [0.1, 0.15) is 37.0 Å². The summed E-state index contributed by atoms with van der Waals surface area (Å²) < 4.78 is 19.3. The van der Waals surface area contributed by atoms with Crippen molar-refractivity contribution in [3.05, 3.63) is 34.7 Å². The Kier molecular flexibility index (Phi) is 8.69. The number of hydrogen-bond acceptors (Lipinski definition) is 10.